The standard InChI is InChI=1S/C7H8N2S/c1-2-7-8-3-4-9(7)5-6-10/h2-6,10H,1H2/b6-5-. The SMILES string of the molecule is C=Cc1nccn1/C=C\S. The summed E-state index contributed by atoms with van der Waals surface area (Å²) in [6.45, 7) is 3.60. The maximum atomic E-state index is 4.01. The summed E-state index contributed by atoms with van der Waals surface area (Å²) >= 11 is 3.93. The third-order valence-electron chi connectivity index (χ3n) is 1.11. The lowest BCUT2D eigenvalue weighted by atomic mass is 10.6. The van der Waals surface area contributed by atoms with Crippen LogP contribution in [0.15, 0.2) is 24.4 Å². The highest BCUT2D eigenvalue weighted by molar-refractivity contribution is 7.83. The summed E-state index contributed by atoms with van der Waals surface area (Å²) in [5.41, 5.74) is 0. The molecule has 0 N–H and O–H groups in total. The molecule has 0 aliphatic heterocycles. The second-order valence-electron chi connectivity index (χ2n) is 1.69. The van der Waals surface area contributed by atoms with Crippen LogP contribution in [0.3, 0.4) is 0 Å². The molecule has 52 valence electrons. The van der Waals surface area contributed by atoms with Crippen LogP contribution in [0.25, 0.3) is 12.3 Å². The molecule has 0 fully saturated rings. The Morgan fingerprint density at radius 3 is 3.10 bits per heavy atom. The summed E-state index contributed by atoms with van der Waals surface area (Å²) in [6, 6.07) is 0. The number of nitrogens with zero attached hydrogens (tertiary/aromatic N) is 2. The van der Waals surface area contributed by atoms with Crippen molar-refractivity contribution in [3.8, 4) is 0 Å². The number of thiol groups is 1. The van der Waals surface area contributed by atoms with E-state index in [-0.39, 0.29) is 0 Å². The Labute approximate surface area is 65.3 Å². The van der Waals surface area contributed by atoms with Crippen molar-refractivity contribution in [3.05, 3.63) is 30.2 Å². The molecule has 1 heterocycles. The summed E-state index contributed by atoms with van der Waals surface area (Å²) in [4.78, 5) is 4.01. The molecule has 10 heavy (non-hydrogen) atoms. The first-order chi connectivity index (χ1) is 4.88. The molecule has 0 radical (unpaired) electrons. The maximum Gasteiger partial charge on any atom is 0.136 e. The molecule has 0 aliphatic carbocycles. The molecule has 0 unspecified atom stereocenters. The second kappa shape index (κ2) is 3.27. The van der Waals surface area contributed by atoms with E-state index in [0.717, 1.165) is 5.82 Å². The largest absolute Gasteiger partial charge is 0.307 e. The van der Waals surface area contributed by atoms with Gasteiger partial charge in [0.25, 0.3) is 0 Å². The molecule has 0 spiro atoms. The molecule has 0 amide bonds. The Morgan fingerprint density at radius 1 is 1.70 bits per heavy atom. The first-order valence-electron chi connectivity index (χ1n) is 2.84. The fourth-order valence-electron chi connectivity index (χ4n) is 0.681. The normalized spacial score (nSPS) is 10.5. The van der Waals surface area contributed by atoms with Crippen LogP contribution in [0.5, 0.6) is 0 Å². The van der Waals surface area contributed by atoms with Crippen molar-refractivity contribution in [1.29, 1.82) is 0 Å². The number of rotatable bonds is 2. The average Bonchev–Trinajstić information content (AvgIpc) is 2.36. The summed E-state index contributed by atoms with van der Waals surface area (Å²) in [6.07, 6.45) is 7.04. The summed E-state index contributed by atoms with van der Waals surface area (Å²) < 4.78 is 1.83. The van der Waals surface area contributed by atoms with E-state index in [0.29, 0.717) is 0 Å². The van der Waals surface area contributed by atoms with Crippen molar-refractivity contribution in [1.82, 2.24) is 9.55 Å². The van der Waals surface area contributed by atoms with Crippen molar-refractivity contribution < 1.29 is 0 Å². The monoisotopic (exact) mass is 152 g/mol. The topological polar surface area (TPSA) is 17.8 Å². The van der Waals surface area contributed by atoms with Gasteiger partial charge in [-0.15, -0.1) is 12.6 Å². The first kappa shape index (κ1) is 7.15. The Morgan fingerprint density at radius 2 is 2.50 bits per heavy atom. The maximum absolute atomic E-state index is 4.01. The van der Waals surface area contributed by atoms with Crippen molar-refractivity contribution in [2.45, 2.75) is 0 Å². The molecule has 1 aromatic rings. The van der Waals surface area contributed by atoms with Crippen LogP contribution >= 0.6 is 12.6 Å². The minimum Gasteiger partial charge on any atom is -0.307 e. The second-order valence-corrected chi connectivity index (χ2v) is 1.99. The van der Waals surface area contributed by atoms with Gasteiger partial charge in [0, 0.05) is 18.6 Å². The van der Waals surface area contributed by atoms with E-state index in [1.54, 1.807) is 23.9 Å². The van der Waals surface area contributed by atoms with Crippen LogP contribution in [-0.2, 0) is 0 Å². The lowest BCUT2D eigenvalue weighted by Gasteiger charge is -1.92. The predicted octanol–water partition coefficient (Wildman–Crippen LogP) is 1.88. The Kier molecular flexibility index (Phi) is 2.34. The van der Waals surface area contributed by atoms with E-state index >= 15 is 0 Å². The van der Waals surface area contributed by atoms with Crippen LogP contribution in [0.1, 0.15) is 5.82 Å². The fourth-order valence-corrected chi connectivity index (χ4v) is 0.824. The van der Waals surface area contributed by atoms with E-state index in [2.05, 4.69) is 24.2 Å². The predicted molar refractivity (Wildman–Crippen MR) is 46.6 cm³/mol. The van der Waals surface area contributed by atoms with Crippen molar-refractivity contribution >= 4 is 24.9 Å². The van der Waals surface area contributed by atoms with Crippen LogP contribution < -0.4 is 0 Å². The molecule has 0 aromatic carbocycles. The molecule has 1 rings (SSSR count). The Bertz CT molecular complexity index is 250. The quantitative estimate of drug-likeness (QED) is 0.641. The number of imidazole rings is 1. The van der Waals surface area contributed by atoms with Gasteiger partial charge in [-0.25, -0.2) is 4.98 Å². The summed E-state index contributed by atoms with van der Waals surface area (Å²) in [5.74, 6) is 0.824. The fraction of sp³-hybridized carbons (Fsp3) is 0. The average molecular weight is 152 g/mol. The lowest BCUT2D eigenvalue weighted by molar-refractivity contribution is 1.11. The molecule has 2 nitrogen and oxygen atoms in total. The number of aromatic nitrogens is 2. The van der Waals surface area contributed by atoms with Crippen LogP contribution in [-0.4, -0.2) is 9.55 Å². The van der Waals surface area contributed by atoms with Gasteiger partial charge in [0.15, 0.2) is 0 Å². The van der Waals surface area contributed by atoms with E-state index < -0.39 is 0 Å². The van der Waals surface area contributed by atoms with Crippen LogP contribution in [0.2, 0.25) is 0 Å². The summed E-state index contributed by atoms with van der Waals surface area (Å²) in [7, 11) is 0. The van der Waals surface area contributed by atoms with Gasteiger partial charge >= 0.3 is 0 Å². The van der Waals surface area contributed by atoms with Gasteiger partial charge < -0.3 is 4.57 Å². The zero-order valence-electron chi connectivity index (χ0n) is 5.44. The van der Waals surface area contributed by atoms with E-state index in [1.165, 1.54) is 0 Å². The van der Waals surface area contributed by atoms with E-state index in [1.807, 2.05) is 10.8 Å². The van der Waals surface area contributed by atoms with Gasteiger partial charge in [0.05, 0.1) is 0 Å². The van der Waals surface area contributed by atoms with Crippen LogP contribution in [0.4, 0.5) is 0 Å². The van der Waals surface area contributed by atoms with Gasteiger partial charge in [0.1, 0.15) is 5.82 Å². The molecule has 0 aliphatic rings. The highest BCUT2D eigenvalue weighted by atomic mass is 32.1. The van der Waals surface area contributed by atoms with Gasteiger partial charge in [-0.3, -0.25) is 0 Å². The smallest absolute Gasteiger partial charge is 0.136 e. The van der Waals surface area contributed by atoms with Crippen molar-refractivity contribution in [2.24, 2.45) is 0 Å². The van der Waals surface area contributed by atoms with Crippen molar-refractivity contribution in [2.75, 3.05) is 0 Å². The minimum atomic E-state index is 0.824. The Balaban J connectivity index is 3.00. The number of hydrogen-bond donors (Lipinski definition) is 1. The van der Waals surface area contributed by atoms with Crippen LogP contribution in [0, 0.1) is 0 Å². The Hall–Kier alpha value is -0.960. The zero-order valence-corrected chi connectivity index (χ0v) is 6.33. The van der Waals surface area contributed by atoms with Gasteiger partial charge in [-0.1, -0.05) is 6.58 Å². The molecule has 1 aromatic heterocycles. The summed E-state index contributed by atoms with van der Waals surface area (Å²) in [5, 5.41) is 1.65. The number of hydrogen-bond acceptors (Lipinski definition) is 2. The molecule has 0 bridgehead atoms. The minimum absolute atomic E-state index is 0.824. The van der Waals surface area contributed by atoms with E-state index in [9.17, 15) is 0 Å². The van der Waals surface area contributed by atoms with Gasteiger partial charge in [0.2, 0.25) is 0 Å². The molecule has 0 saturated carbocycles. The third kappa shape index (κ3) is 1.30. The van der Waals surface area contributed by atoms with E-state index in [4.69, 9.17) is 0 Å². The molecular formula is C7H8N2S. The highest BCUT2D eigenvalue weighted by Gasteiger charge is 1.90. The third-order valence-corrected chi connectivity index (χ3v) is 1.24. The van der Waals surface area contributed by atoms with Gasteiger partial charge in [-0.05, 0) is 11.5 Å². The molecular weight excluding hydrogens is 144 g/mol. The highest BCUT2D eigenvalue weighted by Crippen LogP contribution is 1.99. The van der Waals surface area contributed by atoms with Gasteiger partial charge in [-0.2, -0.15) is 0 Å². The first-order valence-corrected chi connectivity index (χ1v) is 3.36. The van der Waals surface area contributed by atoms with Crippen molar-refractivity contribution in [3.63, 3.8) is 0 Å². The zero-order chi connectivity index (χ0) is 7.40. The lowest BCUT2D eigenvalue weighted by Crippen LogP contribution is -1.86. The molecule has 0 saturated heterocycles. The molecule has 3 heteroatoms. The molecule has 0 atom stereocenters.